The molecule has 2 amide bonds. The first kappa shape index (κ1) is 15.4. The van der Waals surface area contributed by atoms with Gasteiger partial charge in [0, 0.05) is 19.3 Å². The third-order valence-corrected chi connectivity index (χ3v) is 5.26. The predicted octanol–water partition coefficient (Wildman–Crippen LogP) is -0.0260. The first-order valence-electron chi connectivity index (χ1n) is 6.50. The molecule has 2 heterocycles. The quantitative estimate of drug-likeness (QED) is 0.774. The van der Waals surface area contributed by atoms with Gasteiger partial charge in [-0.25, -0.2) is 13.4 Å². The number of anilines is 1. The third-order valence-electron chi connectivity index (χ3n) is 3.51. The van der Waals surface area contributed by atoms with Crippen molar-refractivity contribution in [2.45, 2.75) is 19.4 Å². The van der Waals surface area contributed by atoms with Crippen LogP contribution in [-0.4, -0.2) is 54.7 Å². The lowest BCUT2D eigenvalue weighted by molar-refractivity contribution is -0.143. The van der Waals surface area contributed by atoms with Crippen molar-refractivity contribution in [1.82, 2.24) is 9.88 Å². The van der Waals surface area contributed by atoms with E-state index in [-0.39, 0.29) is 11.5 Å². The van der Waals surface area contributed by atoms with Crippen molar-refractivity contribution in [2.24, 2.45) is 0 Å². The maximum absolute atomic E-state index is 12.0. The Hall–Kier alpha value is -1.96. The summed E-state index contributed by atoms with van der Waals surface area (Å²) in [7, 11) is -1.66. The van der Waals surface area contributed by atoms with Crippen molar-refractivity contribution < 1.29 is 18.0 Å². The number of pyridine rings is 1. The Morgan fingerprint density at radius 1 is 1.43 bits per heavy atom. The highest BCUT2D eigenvalue weighted by Gasteiger charge is 2.34. The van der Waals surface area contributed by atoms with Crippen molar-refractivity contribution in [1.29, 1.82) is 0 Å². The molecule has 0 saturated carbocycles. The molecule has 0 bridgehead atoms. The van der Waals surface area contributed by atoms with Gasteiger partial charge in [0.05, 0.1) is 11.5 Å². The van der Waals surface area contributed by atoms with E-state index in [9.17, 15) is 18.0 Å². The molecule has 1 N–H and O–H groups in total. The fourth-order valence-corrected chi connectivity index (χ4v) is 3.96. The van der Waals surface area contributed by atoms with E-state index in [2.05, 4.69) is 10.3 Å². The molecule has 1 fully saturated rings. The molecule has 0 spiro atoms. The van der Waals surface area contributed by atoms with Crippen molar-refractivity contribution in [3.63, 3.8) is 0 Å². The van der Waals surface area contributed by atoms with Crippen LogP contribution in [0.5, 0.6) is 0 Å². The van der Waals surface area contributed by atoms with E-state index in [0.29, 0.717) is 12.2 Å². The van der Waals surface area contributed by atoms with Gasteiger partial charge in [-0.05, 0) is 25.0 Å². The highest BCUT2D eigenvalue weighted by molar-refractivity contribution is 7.91. The van der Waals surface area contributed by atoms with Crippen LogP contribution in [-0.2, 0) is 19.4 Å². The molecular weight excluding hydrogens is 294 g/mol. The van der Waals surface area contributed by atoms with Crippen LogP contribution in [0.3, 0.4) is 0 Å². The summed E-state index contributed by atoms with van der Waals surface area (Å²) in [5.74, 6) is -1.30. The summed E-state index contributed by atoms with van der Waals surface area (Å²) >= 11 is 0. The smallest absolute Gasteiger partial charge is 0.315 e. The summed E-state index contributed by atoms with van der Waals surface area (Å²) in [6.45, 7) is 1.76. The summed E-state index contributed by atoms with van der Waals surface area (Å²) in [6, 6.07) is 3.04. The average Bonchev–Trinajstić information content (AvgIpc) is 2.80. The number of sulfone groups is 1. The Bertz CT molecular complexity index is 672. The van der Waals surface area contributed by atoms with E-state index in [1.807, 2.05) is 0 Å². The van der Waals surface area contributed by atoms with Gasteiger partial charge in [0.1, 0.15) is 5.82 Å². The fourth-order valence-electron chi connectivity index (χ4n) is 2.18. The lowest BCUT2D eigenvalue weighted by Crippen LogP contribution is -2.44. The number of nitrogens with zero attached hydrogens (tertiary/aromatic N) is 2. The number of nitrogens with one attached hydrogen (secondary N) is 1. The molecule has 1 saturated heterocycles. The SMILES string of the molecule is Cc1cccnc1NC(=O)C(=O)N(C)C1CCS(=O)(=O)C1. The minimum Gasteiger partial charge on any atom is -0.333 e. The number of aryl methyl sites for hydroxylation is 1. The average molecular weight is 311 g/mol. The van der Waals surface area contributed by atoms with Crippen LogP contribution < -0.4 is 5.32 Å². The van der Waals surface area contributed by atoms with Crippen molar-refractivity contribution in [3.8, 4) is 0 Å². The zero-order valence-electron chi connectivity index (χ0n) is 11.9. The van der Waals surface area contributed by atoms with Gasteiger partial charge in [0.25, 0.3) is 0 Å². The van der Waals surface area contributed by atoms with E-state index in [0.717, 1.165) is 5.56 Å². The Labute approximate surface area is 123 Å². The molecule has 8 heteroatoms. The van der Waals surface area contributed by atoms with Crippen LogP contribution in [0.15, 0.2) is 18.3 Å². The molecule has 0 aliphatic carbocycles. The van der Waals surface area contributed by atoms with Gasteiger partial charge in [0.2, 0.25) is 0 Å². The number of carbonyl (C=O) groups excluding carboxylic acids is 2. The van der Waals surface area contributed by atoms with E-state index >= 15 is 0 Å². The van der Waals surface area contributed by atoms with Crippen LogP contribution in [0.1, 0.15) is 12.0 Å². The largest absolute Gasteiger partial charge is 0.333 e. The van der Waals surface area contributed by atoms with Gasteiger partial charge >= 0.3 is 11.8 Å². The van der Waals surface area contributed by atoms with E-state index in [1.165, 1.54) is 18.1 Å². The van der Waals surface area contributed by atoms with E-state index in [4.69, 9.17) is 0 Å². The number of hydrogen-bond acceptors (Lipinski definition) is 5. The van der Waals surface area contributed by atoms with E-state index < -0.39 is 27.7 Å². The Kier molecular flexibility index (Phi) is 4.26. The minimum absolute atomic E-state index is 0.0518. The minimum atomic E-state index is -3.10. The number of hydrogen-bond donors (Lipinski definition) is 1. The summed E-state index contributed by atoms with van der Waals surface area (Å²) in [5, 5.41) is 2.44. The zero-order valence-corrected chi connectivity index (χ0v) is 12.7. The first-order chi connectivity index (χ1) is 9.80. The van der Waals surface area contributed by atoms with E-state index in [1.54, 1.807) is 19.1 Å². The number of aromatic nitrogens is 1. The predicted molar refractivity (Wildman–Crippen MR) is 77.4 cm³/mol. The molecule has 1 aromatic rings. The second kappa shape index (κ2) is 5.80. The highest BCUT2D eigenvalue weighted by Crippen LogP contribution is 2.17. The third kappa shape index (κ3) is 3.57. The van der Waals surface area contributed by atoms with Crippen molar-refractivity contribution in [3.05, 3.63) is 23.9 Å². The second-order valence-corrected chi connectivity index (χ2v) is 7.32. The molecule has 21 heavy (non-hydrogen) atoms. The molecule has 1 aliphatic heterocycles. The number of amides is 2. The van der Waals surface area contributed by atoms with Gasteiger partial charge in [-0.2, -0.15) is 0 Å². The molecule has 1 aliphatic rings. The number of rotatable bonds is 2. The molecule has 7 nitrogen and oxygen atoms in total. The first-order valence-corrected chi connectivity index (χ1v) is 8.32. The van der Waals surface area contributed by atoms with Crippen molar-refractivity contribution in [2.75, 3.05) is 23.9 Å². The molecule has 0 aromatic carbocycles. The Balaban J connectivity index is 2.03. The number of carbonyl (C=O) groups is 2. The number of likely N-dealkylation sites (N-methyl/N-ethyl adjacent to an activating group) is 1. The Morgan fingerprint density at radius 2 is 2.14 bits per heavy atom. The van der Waals surface area contributed by atoms with Gasteiger partial charge in [-0.1, -0.05) is 6.07 Å². The monoisotopic (exact) mass is 311 g/mol. The molecule has 1 aromatic heterocycles. The second-order valence-electron chi connectivity index (χ2n) is 5.10. The summed E-state index contributed by atoms with van der Waals surface area (Å²) < 4.78 is 22.9. The van der Waals surface area contributed by atoms with Gasteiger partial charge in [-0.3, -0.25) is 9.59 Å². The molecule has 0 radical (unpaired) electrons. The van der Waals surface area contributed by atoms with Crippen LogP contribution >= 0.6 is 0 Å². The van der Waals surface area contributed by atoms with Crippen LogP contribution in [0, 0.1) is 6.92 Å². The zero-order chi connectivity index (χ0) is 15.6. The Morgan fingerprint density at radius 3 is 2.71 bits per heavy atom. The molecule has 1 atom stereocenters. The summed E-state index contributed by atoms with van der Waals surface area (Å²) in [4.78, 5) is 29.2. The standard InChI is InChI=1S/C13H17N3O4S/c1-9-4-3-6-14-11(9)15-12(17)13(18)16(2)10-5-7-21(19,20)8-10/h3-4,6,10H,5,7-8H2,1-2H3,(H,14,15,17). The van der Waals surface area contributed by atoms with Gasteiger partial charge in [0.15, 0.2) is 9.84 Å². The lowest BCUT2D eigenvalue weighted by Gasteiger charge is -2.22. The normalized spacial score (nSPS) is 20.0. The molecular formula is C13H17N3O4S. The molecule has 1 unspecified atom stereocenters. The molecule has 114 valence electrons. The maximum atomic E-state index is 12.0. The van der Waals surface area contributed by atoms with Gasteiger partial charge in [-0.15, -0.1) is 0 Å². The lowest BCUT2D eigenvalue weighted by atomic mass is 10.2. The van der Waals surface area contributed by atoms with Crippen LogP contribution in [0.4, 0.5) is 5.82 Å². The van der Waals surface area contributed by atoms with Crippen LogP contribution in [0.25, 0.3) is 0 Å². The summed E-state index contributed by atoms with van der Waals surface area (Å²) in [5.41, 5.74) is 0.741. The van der Waals surface area contributed by atoms with Gasteiger partial charge < -0.3 is 10.2 Å². The molecule has 2 rings (SSSR count). The topological polar surface area (TPSA) is 96.4 Å². The highest BCUT2D eigenvalue weighted by atomic mass is 32.2. The van der Waals surface area contributed by atoms with Crippen molar-refractivity contribution >= 4 is 27.5 Å². The maximum Gasteiger partial charge on any atom is 0.315 e. The summed E-state index contributed by atoms with van der Waals surface area (Å²) in [6.07, 6.45) is 1.88. The fraction of sp³-hybridized carbons (Fsp3) is 0.462. The van der Waals surface area contributed by atoms with Crippen LogP contribution in [0.2, 0.25) is 0 Å².